The monoisotopic (exact) mass is 232 g/mol. The van der Waals surface area contributed by atoms with Gasteiger partial charge in [0.05, 0.1) is 30.5 Å². The van der Waals surface area contributed by atoms with Crippen molar-refractivity contribution in [3.63, 3.8) is 0 Å². The Morgan fingerprint density at radius 3 is 2.24 bits per heavy atom. The molecule has 1 aromatic rings. The first-order valence-electron chi connectivity index (χ1n) is 5.48. The van der Waals surface area contributed by atoms with Crippen molar-refractivity contribution in [2.75, 3.05) is 13.2 Å². The quantitative estimate of drug-likeness (QED) is 0.791. The third kappa shape index (κ3) is 3.15. The summed E-state index contributed by atoms with van der Waals surface area (Å²) in [5, 5.41) is 8.65. The normalized spacial score (nSPS) is 10.8. The molecule has 4 heteroatoms. The summed E-state index contributed by atoms with van der Waals surface area (Å²) in [5.41, 5.74) is 6.83. The van der Waals surface area contributed by atoms with E-state index in [0.717, 1.165) is 0 Å². The van der Waals surface area contributed by atoms with Crippen molar-refractivity contribution in [2.24, 2.45) is 5.73 Å². The van der Waals surface area contributed by atoms with Gasteiger partial charge in [0.25, 0.3) is 0 Å². The van der Waals surface area contributed by atoms with Gasteiger partial charge in [0.2, 0.25) is 0 Å². The fourth-order valence-electron chi connectivity index (χ4n) is 1.49. The Kier molecular flexibility index (Phi) is 4.89. The highest BCUT2D eigenvalue weighted by atomic mass is 16.5. The summed E-state index contributed by atoms with van der Waals surface area (Å²) >= 11 is 0. The zero-order valence-electron chi connectivity index (χ0n) is 10.1. The van der Waals surface area contributed by atoms with Crippen molar-refractivity contribution in [1.29, 1.82) is 5.26 Å². The number of nitrogens with zero attached hydrogens (tertiary/aromatic N) is 1. The van der Waals surface area contributed by atoms with Gasteiger partial charge in [0.1, 0.15) is 11.5 Å². The van der Waals surface area contributed by atoms with Crippen molar-refractivity contribution in [1.82, 2.24) is 0 Å². The van der Waals surface area contributed by atoms with Crippen LogP contribution in [0.1, 0.15) is 19.4 Å². The van der Waals surface area contributed by atoms with Gasteiger partial charge in [-0.15, -0.1) is 0 Å². The molecule has 4 nitrogen and oxygen atoms in total. The number of hydrogen-bond acceptors (Lipinski definition) is 4. The van der Waals surface area contributed by atoms with E-state index in [1.807, 2.05) is 26.0 Å². The molecule has 0 atom stereocenters. The van der Waals surface area contributed by atoms with Gasteiger partial charge in [0, 0.05) is 6.08 Å². The molecule has 0 aliphatic carbocycles. The van der Waals surface area contributed by atoms with Crippen LogP contribution in [0.2, 0.25) is 0 Å². The maximum Gasteiger partial charge on any atom is 0.132 e. The van der Waals surface area contributed by atoms with Crippen LogP contribution in [0.15, 0.2) is 24.3 Å². The first kappa shape index (κ1) is 12.9. The molecule has 0 aliphatic rings. The summed E-state index contributed by atoms with van der Waals surface area (Å²) in [4.78, 5) is 0. The van der Waals surface area contributed by atoms with E-state index < -0.39 is 0 Å². The molecule has 2 N–H and O–H groups in total. The van der Waals surface area contributed by atoms with E-state index in [1.54, 1.807) is 12.1 Å². The van der Waals surface area contributed by atoms with E-state index >= 15 is 0 Å². The van der Waals surface area contributed by atoms with Gasteiger partial charge < -0.3 is 15.2 Å². The van der Waals surface area contributed by atoms with Crippen LogP contribution in [0.4, 0.5) is 0 Å². The first-order valence-corrected chi connectivity index (χ1v) is 5.48. The molecule has 0 amide bonds. The molecule has 0 heterocycles. The van der Waals surface area contributed by atoms with Crippen LogP contribution in [0.5, 0.6) is 11.5 Å². The molecule has 0 aromatic heterocycles. The second-order valence-corrected chi connectivity index (χ2v) is 3.22. The molecular weight excluding hydrogens is 216 g/mol. The second-order valence-electron chi connectivity index (χ2n) is 3.22. The van der Waals surface area contributed by atoms with E-state index in [-0.39, 0.29) is 0 Å². The number of benzene rings is 1. The van der Waals surface area contributed by atoms with Crippen molar-refractivity contribution in [3.05, 3.63) is 29.8 Å². The average Bonchev–Trinajstić information content (AvgIpc) is 2.30. The Hall–Kier alpha value is -2.15. The first-order chi connectivity index (χ1) is 8.24. The van der Waals surface area contributed by atoms with Gasteiger partial charge in [-0.3, -0.25) is 0 Å². The molecule has 0 radical (unpaired) electrons. The maximum atomic E-state index is 8.65. The summed E-state index contributed by atoms with van der Waals surface area (Å²) in [5.74, 6) is 1.25. The molecule has 17 heavy (non-hydrogen) atoms. The van der Waals surface area contributed by atoms with Crippen LogP contribution in [0.25, 0.3) is 5.70 Å². The van der Waals surface area contributed by atoms with E-state index in [4.69, 9.17) is 20.5 Å². The molecule has 1 rings (SSSR count). The van der Waals surface area contributed by atoms with Crippen LogP contribution >= 0.6 is 0 Å². The van der Waals surface area contributed by atoms with E-state index in [2.05, 4.69) is 0 Å². The maximum absolute atomic E-state index is 8.65. The molecule has 0 saturated carbocycles. The lowest BCUT2D eigenvalue weighted by Crippen LogP contribution is -2.05. The average molecular weight is 232 g/mol. The largest absolute Gasteiger partial charge is 0.493 e. The van der Waals surface area contributed by atoms with Gasteiger partial charge in [-0.1, -0.05) is 6.07 Å². The minimum Gasteiger partial charge on any atom is -0.493 e. The number of allylic oxidation sites excluding steroid dienone is 1. The third-order valence-corrected chi connectivity index (χ3v) is 2.10. The Balaban J connectivity index is 3.28. The van der Waals surface area contributed by atoms with Crippen LogP contribution in [0.3, 0.4) is 0 Å². The van der Waals surface area contributed by atoms with Gasteiger partial charge >= 0.3 is 0 Å². The third-order valence-electron chi connectivity index (χ3n) is 2.10. The smallest absolute Gasteiger partial charge is 0.132 e. The number of rotatable bonds is 5. The minimum absolute atomic E-state index is 0.347. The Morgan fingerprint density at radius 1 is 1.29 bits per heavy atom. The van der Waals surface area contributed by atoms with E-state index in [0.29, 0.717) is 36.0 Å². The lowest BCUT2D eigenvalue weighted by molar-refractivity contribution is 0.321. The fourth-order valence-corrected chi connectivity index (χ4v) is 1.49. The summed E-state index contributed by atoms with van der Waals surface area (Å²) in [6, 6.07) is 7.35. The molecule has 90 valence electrons. The van der Waals surface area contributed by atoms with Gasteiger partial charge in [-0.05, 0) is 26.0 Å². The molecule has 0 spiro atoms. The predicted molar refractivity (Wildman–Crippen MR) is 66.6 cm³/mol. The van der Waals surface area contributed by atoms with Gasteiger partial charge in [-0.2, -0.15) is 5.26 Å². The number of nitriles is 1. The van der Waals surface area contributed by atoms with Gasteiger partial charge in [-0.25, -0.2) is 0 Å². The number of nitrogens with two attached hydrogens (primary N) is 1. The van der Waals surface area contributed by atoms with Crippen LogP contribution < -0.4 is 15.2 Å². The van der Waals surface area contributed by atoms with Crippen LogP contribution in [-0.4, -0.2) is 13.2 Å². The van der Waals surface area contributed by atoms with Crippen LogP contribution in [0, 0.1) is 11.3 Å². The van der Waals surface area contributed by atoms with E-state index in [1.165, 1.54) is 6.08 Å². The second kappa shape index (κ2) is 6.44. The Morgan fingerprint density at radius 2 is 1.82 bits per heavy atom. The zero-order valence-corrected chi connectivity index (χ0v) is 10.1. The topological polar surface area (TPSA) is 68.3 Å². The Bertz CT molecular complexity index is 423. The standard InChI is InChI=1S/C13H16N2O2/c1-3-16-11-6-5-7-12(17-4-2)13(11)10(15)8-9-14/h5-8H,3-4,15H2,1-2H3/b10-8-. The summed E-state index contributed by atoms with van der Waals surface area (Å²) in [6.07, 6.45) is 1.28. The molecule has 0 saturated heterocycles. The molecule has 0 fully saturated rings. The minimum atomic E-state index is 0.347. The Labute approximate surface area is 101 Å². The van der Waals surface area contributed by atoms with Crippen molar-refractivity contribution >= 4 is 5.70 Å². The van der Waals surface area contributed by atoms with Crippen LogP contribution in [-0.2, 0) is 0 Å². The molecular formula is C13H16N2O2. The molecule has 1 aromatic carbocycles. The summed E-state index contributed by atoms with van der Waals surface area (Å²) in [6.45, 7) is 4.84. The van der Waals surface area contributed by atoms with Crippen molar-refractivity contribution in [3.8, 4) is 17.6 Å². The highest BCUT2D eigenvalue weighted by Crippen LogP contribution is 2.32. The molecule has 0 aliphatic heterocycles. The SMILES string of the molecule is CCOc1cccc(OCC)c1/C(N)=C/C#N. The van der Waals surface area contributed by atoms with Gasteiger partial charge in [0.15, 0.2) is 0 Å². The lowest BCUT2D eigenvalue weighted by atomic mass is 10.1. The number of ether oxygens (including phenoxy) is 2. The highest BCUT2D eigenvalue weighted by molar-refractivity contribution is 5.74. The summed E-state index contributed by atoms with van der Waals surface area (Å²) in [7, 11) is 0. The van der Waals surface area contributed by atoms with E-state index in [9.17, 15) is 0 Å². The summed E-state index contributed by atoms with van der Waals surface area (Å²) < 4.78 is 11.0. The zero-order chi connectivity index (χ0) is 12.7. The fraction of sp³-hybridized carbons (Fsp3) is 0.308. The molecule has 0 bridgehead atoms. The lowest BCUT2D eigenvalue weighted by Gasteiger charge is -2.14. The number of hydrogen-bond donors (Lipinski definition) is 1. The highest BCUT2D eigenvalue weighted by Gasteiger charge is 2.12. The van der Waals surface area contributed by atoms with Crippen molar-refractivity contribution in [2.45, 2.75) is 13.8 Å². The predicted octanol–water partition coefficient (Wildman–Crippen LogP) is 2.31. The molecule has 0 unspecified atom stereocenters. The van der Waals surface area contributed by atoms with Crippen molar-refractivity contribution < 1.29 is 9.47 Å².